The predicted molar refractivity (Wildman–Crippen MR) is 71.9 cm³/mol. The number of nitrogens with one attached hydrogen (secondary N) is 2. The first-order chi connectivity index (χ1) is 8.50. The number of nitrogen functional groups attached to an aromatic ring is 1. The van der Waals surface area contributed by atoms with Gasteiger partial charge in [0, 0.05) is 11.3 Å². The van der Waals surface area contributed by atoms with Crippen LogP contribution in [0, 0.1) is 13.8 Å². The zero-order valence-corrected chi connectivity index (χ0v) is 10.8. The summed E-state index contributed by atoms with van der Waals surface area (Å²) in [5, 5.41) is 9.74. The molecule has 1 aromatic carbocycles. The first kappa shape index (κ1) is 12.4. The fraction of sp³-hybridized carbons (Fsp3) is 0.167. The van der Waals surface area contributed by atoms with Crippen LogP contribution in [0.15, 0.2) is 18.2 Å². The average molecular weight is 265 g/mol. The summed E-state index contributed by atoms with van der Waals surface area (Å²) < 4.78 is 0. The minimum Gasteiger partial charge on any atom is -0.398 e. The highest BCUT2D eigenvalue weighted by atomic mass is 35.5. The number of amides is 1. The maximum absolute atomic E-state index is 12.0. The van der Waals surface area contributed by atoms with Crippen LogP contribution in [0.4, 0.5) is 11.5 Å². The van der Waals surface area contributed by atoms with Gasteiger partial charge in [-0.2, -0.15) is 5.10 Å². The Balaban J connectivity index is 2.28. The molecular weight excluding hydrogens is 252 g/mol. The van der Waals surface area contributed by atoms with E-state index in [1.54, 1.807) is 18.2 Å². The van der Waals surface area contributed by atoms with Crippen molar-refractivity contribution in [1.29, 1.82) is 0 Å². The monoisotopic (exact) mass is 264 g/mol. The molecule has 0 atom stereocenters. The molecule has 0 radical (unpaired) electrons. The van der Waals surface area contributed by atoms with Gasteiger partial charge in [-0.1, -0.05) is 17.7 Å². The maximum Gasteiger partial charge on any atom is 0.258 e. The van der Waals surface area contributed by atoms with E-state index >= 15 is 0 Å². The van der Waals surface area contributed by atoms with Gasteiger partial charge in [-0.3, -0.25) is 9.89 Å². The van der Waals surface area contributed by atoms with Crippen LogP contribution in [0.1, 0.15) is 21.6 Å². The van der Waals surface area contributed by atoms with Crippen LogP contribution in [-0.4, -0.2) is 16.1 Å². The predicted octanol–water partition coefficient (Wildman–Crippen LogP) is 2.51. The molecular formula is C12H13ClN4O. The lowest BCUT2D eigenvalue weighted by Gasteiger charge is -2.06. The van der Waals surface area contributed by atoms with Crippen molar-refractivity contribution in [2.45, 2.75) is 13.8 Å². The number of aryl methyl sites for hydroxylation is 1. The van der Waals surface area contributed by atoms with Crippen molar-refractivity contribution >= 4 is 29.0 Å². The van der Waals surface area contributed by atoms with Gasteiger partial charge in [0.05, 0.1) is 16.3 Å². The Kier molecular flexibility index (Phi) is 3.25. The molecule has 1 aromatic heterocycles. The van der Waals surface area contributed by atoms with Crippen molar-refractivity contribution in [2.24, 2.45) is 0 Å². The molecule has 4 N–H and O–H groups in total. The SMILES string of the molecule is Cc1[nH]nc(NC(=O)c2cccc(N)c2Cl)c1C. The molecule has 2 aromatic rings. The van der Waals surface area contributed by atoms with Gasteiger partial charge >= 0.3 is 0 Å². The molecule has 2 rings (SSSR count). The van der Waals surface area contributed by atoms with Gasteiger partial charge in [0.25, 0.3) is 5.91 Å². The number of nitrogens with two attached hydrogens (primary N) is 1. The number of carbonyl (C=O) groups excluding carboxylic acids is 1. The third-order valence-corrected chi connectivity index (χ3v) is 3.18. The lowest BCUT2D eigenvalue weighted by atomic mass is 10.2. The lowest BCUT2D eigenvalue weighted by Crippen LogP contribution is -2.14. The Bertz CT molecular complexity index is 606. The van der Waals surface area contributed by atoms with E-state index in [1.165, 1.54) is 0 Å². The van der Waals surface area contributed by atoms with Gasteiger partial charge in [0.15, 0.2) is 5.82 Å². The van der Waals surface area contributed by atoms with E-state index in [-0.39, 0.29) is 10.9 Å². The summed E-state index contributed by atoms with van der Waals surface area (Å²) in [5.41, 5.74) is 8.16. The Hall–Kier alpha value is -2.01. The molecule has 0 bridgehead atoms. The van der Waals surface area contributed by atoms with Crippen LogP contribution in [0.5, 0.6) is 0 Å². The number of nitrogens with zero attached hydrogens (tertiary/aromatic N) is 1. The van der Waals surface area contributed by atoms with E-state index in [4.69, 9.17) is 17.3 Å². The summed E-state index contributed by atoms with van der Waals surface area (Å²) in [6.07, 6.45) is 0. The van der Waals surface area contributed by atoms with E-state index in [1.807, 2.05) is 13.8 Å². The fourth-order valence-corrected chi connectivity index (χ4v) is 1.72. The Morgan fingerprint density at radius 2 is 2.17 bits per heavy atom. The van der Waals surface area contributed by atoms with Crippen LogP contribution in [0.2, 0.25) is 5.02 Å². The van der Waals surface area contributed by atoms with Gasteiger partial charge in [-0.25, -0.2) is 0 Å². The van der Waals surface area contributed by atoms with Crippen molar-refractivity contribution in [2.75, 3.05) is 11.1 Å². The molecule has 18 heavy (non-hydrogen) atoms. The molecule has 6 heteroatoms. The van der Waals surface area contributed by atoms with E-state index < -0.39 is 0 Å². The van der Waals surface area contributed by atoms with Gasteiger partial charge < -0.3 is 11.1 Å². The van der Waals surface area contributed by atoms with Crippen molar-refractivity contribution in [3.63, 3.8) is 0 Å². The number of aromatic amines is 1. The molecule has 0 unspecified atom stereocenters. The number of anilines is 2. The van der Waals surface area contributed by atoms with Crippen molar-refractivity contribution in [3.05, 3.63) is 40.0 Å². The number of hydrogen-bond acceptors (Lipinski definition) is 3. The van der Waals surface area contributed by atoms with Gasteiger partial charge in [-0.05, 0) is 26.0 Å². The minimum atomic E-state index is -0.332. The quantitative estimate of drug-likeness (QED) is 0.729. The average Bonchev–Trinajstić information content (AvgIpc) is 2.64. The van der Waals surface area contributed by atoms with E-state index in [0.29, 0.717) is 17.1 Å². The highest BCUT2D eigenvalue weighted by Crippen LogP contribution is 2.24. The van der Waals surface area contributed by atoms with Crippen LogP contribution < -0.4 is 11.1 Å². The maximum atomic E-state index is 12.0. The molecule has 0 aliphatic rings. The first-order valence-corrected chi connectivity index (χ1v) is 5.75. The van der Waals surface area contributed by atoms with E-state index in [9.17, 15) is 4.79 Å². The molecule has 1 heterocycles. The molecule has 0 saturated carbocycles. The highest BCUT2D eigenvalue weighted by Gasteiger charge is 2.15. The highest BCUT2D eigenvalue weighted by molar-refractivity contribution is 6.36. The lowest BCUT2D eigenvalue weighted by molar-refractivity contribution is 0.102. The number of halogens is 1. The number of aromatic nitrogens is 2. The van der Waals surface area contributed by atoms with Gasteiger partial charge in [0.1, 0.15) is 0 Å². The smallest absolute Gasteiger partial charge is 0.258 e. The zero-order chi connectivity index (χ0) is 13.3. The van der Waals surface area contributed by atoms with E-state index in [2.05, 4.69) is 15.5 Å². The third-order valence-electron chi connectivity index (χ3n) is 2.76. The minimum absolute atomic E-state index is 0.250. The second kappa shape index (κ2) is 4.70. The van der Waals surface area contributed by atoms with Crippen LogP contribution >= 0.6 is 11.6 Å². The summed E-state index contributed by atoms with van der Waals surface area (Å²) in [6, 6.07) is 4.94. The molecule has 0 fully saturated rings. The summed E-state index contributed by atoms with van der Waals surface area (Å²) in [7, 11) is 0. The topological polar surface area (TPSA) is 83.8 Å². The standard InChI is InChI=1S/C12H13ClN4O/c1-6-7(2)16-17-11(6)15-12(18)8-4-3-5-9(14)10(8)13/h3-5H,14H2,1-2H3,(H2,15,16,17,18). The molecule has 0 aliphatic heterocycles. The molecule has 0 spiro atoms. The summed E-state index contributed by atoms with van der Waals surface area (Å²) in [5.74, 6) is 0.165. The second-order valence-electron chi connectivity index (χ2n) is 3.99. The molecule has 1 amide bonds. The molecule has 0 aliphatic carbocycles. The van der Waals surface area contributed by atoms with Crippen LogP contribution in [-0.2, 0) is 0 Å². The number of benzene rings is 1. The number of rotatable bonds is 2. The normalized spacial score (nSPS) is 10.4. The van der Waals surface area contributed by atoms with E-state index in [0.717, 1.165) is 11.3 Å². The van der Waals surface area contributed by atoms with Gasteiger partial charge in [0.2, 0.25) is 0 Å². The Morgan fingerprint density at radius 3 is 2.78 bits per heavy atom. The van der Waals surface area contributed by atoms with Crippen LogP contribution in [0.25, 0.3) is 0 Å². The van der Waals surface area contributed by atoms with Crippen molar-refractivity contribution in [3.8, 4) is 0 Å². The molecule has 94 valence electrons. The Labute approximate surface area is 109 Å². The first-order valence-electron chi connectivity index (χ1n) is 5.37. The second-order valence-corrected chi connectivity index (χ2v) is 4.36. The largest absolute Gasteiger partial charge is 0.398 e. The summed E-state index contributed by atoms with van der Waals surface area (Å²) in [6.45, 7) is 3.75. The third kappa shape index (κ3) is 2.17. The zero-order valence-electron chi connectivity index (χ0n) is 10.0. The number of H-pyrrole nitrogens is 1. The summed E-state index contributed by atoms with van der Waals surface area (Å²) >= 11 is 5.99. The number of carbonyl (C=O) groups is 1. The van der Waals surface area contributed by atoms with Crippen molar-refractivity contribution < 1.29 is 4.79 Å². The Morgan fingerprint density at radius 1 is 1.44 bits per heavy atom. The molecule has 0 saturated heterocycles. The van der Waals surface area contributed by atoms with Crippen LogP contribution in [0.3, 0.4) is 0 Å². The fourth-order valence-electron chi connectivity index (χ4n) is 1.51. The van der Waals surface area contributed by atoms with Crippen molar-refractivity contribution in [1.82, 2.24) is 10.2 Å². The summed E-state index contributed by atoms with van der Waals surface area (Å²) in [4.78, 5) is 12.0. The van der Waals surface area contributed by atoms with Gasteiger partial charge in [-0.15, -0.1) is 0 Å². The molecule has 5 nitrogen and oxygen atoms in total. The number of hydrogen-bond donors (Lipinski definition) is 3.